The number of aromatic nitrogens is 2. The average molecular weight is 418 g/mol. The normalized spacial score (nSPS) is 19.0. The molecule has 3 aromatic rings. The number of benzene rings is 2. The molecule has 1 saturated carbocycles. The summed E-state index contributed by atoms with van der Waals surface area (Å²) in [5.74, 6) is 2.51. The second-order valence-electron chi connectivity index (χ2n) is 8.11. The molecule has 0 saturated heterocycles. The number of hydrogen-bond donors (Lipinski definition) is 2. The number of hydrogen-bond acceptors (Lipinski definition) is 6. The summed E-state index contributed by atoms with van der Waals surface area (Å²) in [5, 5.41) is 15.8. The maximum atomic E-state index is 11.3. The Kier molecular flexibility index (Phi) is 6.52. The van der Waals surface area contributed by atoms with Gasteiger partial charge in [-0.25, -0.2) is 9.97 Å². The molecule has 0 spiro atoms. The Morgan fingerprint density at radius 1 is 1.06 bits per heavy atom. The third kappa shape index (κ3) is 5.06. The molecule has 0 amide bonds. The van der Waals surface area contributed by atoms with E-state index in [1.54, 1.807) is 30.4 Å². The minimum absolute atomic E-state index is 0.0599. The SMILES string of the molecule is NCC1CCCC(CNc2nc(C=Cc3ccccc3[N+](=O)[O-])nc3ccccc23)C1. The van der Waals surface area contributed by atoms with Crippen LogP contribution < -0.4 is 11.1 Å². The Morgan fingerprint density at radius 2 is 1.84 bits per heavy atom. The smallest absolute Gasteiger partial charge is 0.276 e. The molecule has 1 fully saturated rings. The quantitative estimate of drug-likeness (QED) is 0.419. The van der Waals surface area contributed by atoms with E-state index in [2.05, 4.69) is 10.3 Å². The van der Waals surface area contributed by atoms with Crippen LogP contribution in [0.15, 0.2) is 48.5 Å². The van der Waals surface area contributed by atoms with Crippen LogP contribution in [0, 0.1) is 22.0 Å². The fraction of sp³-hybridized carbons (Fsp3) is 0.333. The van der Waals surface area contributed by atoms with E-state index in [-0.39, 0.29) is 10.6 Å². The molecule has 2 unspecified atom stereocenters. The van der Waals surface area contributed by atoms with E-state index in [4.69, 9.17) is 10.7 Å². The number of anilines is 1. The molecule has 4 rings (SSSR count). The van der Waals surface area contributed by atoms with Crippen LogP contribution in [-0.2, 0) is 0 Å². The Labute approximate surface area is 181 Å². The van der Waals surface area contributed by atoms with Gasteiger partial charge in [-0.2, -0.15) is 0 Å². The molecule has 3 N–H and O–H groups in total. The van der Waals surface area contributed by atoms with Gasteiger partial charge in [0.25, 0.3) is 5.69 Å². The molecule has 160 valence electrons. The minimum Gasteiger partial charge on any atom is -0.369 e. The van der Waals surface area contributed by atoms with Gasteiger partial charge in [0.1, 0.15) is 5.82 Å². The second-order valence-corrected chi connectivity index (χ2v) is 8.11. The Morgan fingerprint density at radius 3 is 2.68 bits per heavy atom. The van der Waals surface area contributed by atoms with Crippen molar-refractivity contribution in [2.75, 3.05) is 18.4 Å². The first-order chi connectivity index (χ1) is 15.1. The highest BCUT2D eigenvalue weighted by molar-refractivity contribution is 5.90. The molecule has 2 atom stereocenters. The van der Waals surface area contributed by atoms with E-state index in [0.29, 0.717) is 23.2 Å². The highest BCUT2D eigenvalue weighted by Gasteiger charge is 2.21. The molecule has 1 aliphatic carbocycles. The lowest BCUT2D eigenvalue weighted by Crippen LogP contribution is -2.26. The fourth-order valence-corrected chi connectivity index (χ4v) is 4.31. The number of nitrogens with zero attached hydrogens (tertiary/aromatic N) is 3. The predicted octanol–water partition coefficient (Wildman–Crippen LogP) is 4.89. The summed E-state index contributed by atoms with van der Waals surface area (Å²) < 4.78 is 0. The summed E-state index contributed by atoms with van der Waals surface area (Å²) >= 11 is 0. The van der Waals surface area contributed by atoms with E-state index in [9.17, 15) is 10.1 Å². The molecule has 7 nitrogen and oxygen atoms in total. The lowest BCUT2D eigenvalue weighted by Gasteiger charge is -2.28. The lowest BCUT2D eigenvalue weighted by atomic mass is 9.81. The van der Waals surface area contributed by atoms with E-state index < -0.39 is 0 Å². The van der Waals surface area contributed by atoms with Crippen molar-refractivity contribution < 1.29 is 4.92 Å². The highest BCUT2D eigenvalue weighted by Crippen LogP contribution is 2.29. The number of para-hydroxylation sites is 2. The zero-order valence-electron chi connectivity index (χ0n) is 17.4. The van der Waals surface area contributed by atoms with Gasteiger partial charge in [0, 0.05) is 18.0 Å². The van der Waals surface area contributed by atoms with Crippen molar-refractivity contribution in [2.24, 2.45) is 17.6 Å². The van der Waals surface area contributed by atoms with Gasteiger partial charge in [0.2, 0.25) is 0 Å². The molecule has 0 radical (unpaired) electrons. The van der Waals surface area contributed by atoms with Gasteiger partial charge in [0.05, 0.1) is 16.0 Å². The van der Waals surface area contributed by atoms with E-state index in [0.717, 1.165) is 36.2 Å². The van der Waals surface area contributed by atoms with Gasteiger partial charge in [-0.15, -0.1) is 0 Å². The maximum absolute atomic E-state index is 11.3. The van der Waals surface area contributed by atoms with Crippen LogP contribution in [0.3, 0.4) is 0 Å². The molecule has 0 bridgehead atoms. The van der Waals surface area contributed by atoms with Crippen LogP contribution in [0.1, 0.15) is 37.1 Å². The van der Waals surface area contributed by atoms with Gasteiger partial charge in [-0.05, 0) is 68.0 Å². The van der Waals surface area contributed by atoms with Gasteiger partial charge in [-0.1, -0.05) is 30.7 Å². The van der Waals surface area contributed by atoms with Crippen LogP contribution in [-0.4, -0.2) is 28.0 Å². The monoisotopic (exact) mass is 417 g/mol. The summed E-state index contributed by atoms with van der Waals surface area (Å²) in [4.78, 5) is 20.2. The van der Waals surface area contributed by atoms with E-state index in [1.165, 1.54) is 25.3 Å². The Hall–Kier alpha value is -3.32. The molecule has 0 aliphatic heterocycles. The second kappa shape index (κ2) is 9.66. The number of nitro groups is 1. The molecule has 2 aromatic carbocycles. The molecule has 1 aromatic heterocycles. The third-order valence-electron chi connectivity index (χ3n) is 5.95. The van der Waals surface area contributed by atoms with Crippen LogP contribution >= 0.6 is 0 Å². The number of nitrogens with one attached hydrogen (secondary N) is 1. The fourth-order valence-electron chi connectivity index (χ4n) is 4.31. The summed E-state index contributed by atoms with van der Waals surface area (Å²) in [6.07, 6.45) is 8.23. The predicted molar refractivity (Wildman–Crippen MR) is 125 cm³/mol. The summed E-state index contributed by atoms with van der Waals surface area (Å²) in [6, 6.07) is 14.5. The lowest BCUT2D eigenvalue weighted by molar-refractivity contribution is -0.385. The molecular weight excluding hydrogens is 390 g/mol. The van der Waals surface area contributed by atoms with Crippen molar-refractivity contribution in [1.82, 2.24) is 9.97 Å². The Balaban J connectivity index is 1.59. The zero-order valence-corrected chi connectivity index (χ0v) is 17.4. The van der Waals surface area contributed by atoms with Crippen LogP contribution in [0.4, 0.5) is 11.5 Å². The van der Waals surface area contributed by atoms with Crippen molar-refractivity contribution in [3.63, 3.8) is 0 Å². The van der Waals surface area contributed by atoms with Crippen molar-refractivity contribution in [3.8, 4) is 0 Å². The number of fused-ring (bicyclic) bond motifs is 1. The van der Waals surface area contributed by atoms with Crippen LogP contribution in [0.2, 0.25) is 0 Å². The van der Waals surface area contributed by atoms with E-state index in [1.807, 2.05) is 24.3 Å². The van der Waals surface area contributed by atoms with Gasteiger partial charge in [-0.3, -0.25) is 10.1 Å². The first kappa shape index (κ1) is 20.9. The first-order valence-electron chi connectivity index (χ1n) is 10.8. The van der Waals surface area contributed by atoms with Gasteiger partial charge < -0.3 is 11.1 Å². The van der Waals surface area contributed by atoms with Crippen molar-refractivity contribution in [3.05, 3.63) is 70.0 Å². The standard InChI is InChI=1S/C24H27N5O2/c25-15-17-6-5-7-18(14-17)16-26-24-20-9-2-3-10-21(20)27-23(28-24)13-12-19-8-1-4-11-22(19)29(30)31/h1-4,8-13,17-18H,5-7,14-16,25H2,(H,26,27,28). The summed E-state index contributed by atoms with van der Waals surface area (Å²) in [5.41, 5.74) is 7.31. The highest BCUT2D eigenvalue weighted by atomic mass is 16.6. The molecular formula is C24H27N5O2. The topological polar surface area (TPSA) is 107 Å². The van der Waals surface area contributed by atoms with Gasteiger partial charge in [0.15, 0.2) is 5.82 Å². The number of nitro benzene ring substituents is 1. The minimum atomic E-state index is -0.382. The molecule has 7 heteroatoms. The average Bonchev–Trinajstić information content (AvgIpc) is 2.81. The third-order valence-corrected chi connectivity index (χ3v) is 5.95. The summed E-state index contributed by atoms with van der Waals surface area (Å²) in [7, 11) is 0. The first-order valence-corrected chi connectivity index (χ1v) is 10.8. The van der Waals surface area contributed by atoms with Crippen molar-refractivity contribution >= 4 is 34.6 Å². The molecule has 31 heavy (non-hydrogen) atoms. The zero-order chi connectivity index (χ0) is 21.6. The number of rotatable bonds is 7. The number of nitrogens with two attached hydrogens (primary N) is 1. The molecule has 1 heterocycles. The van der Waals surface area contributed by atoms with Crippen LogP contribution in [0.5, 0.6) is 0 Å². The Bertz CT molecular complexity index is 1100. The van der Waals surface area contributed by atoms with Crippen LogP contribution in [0.25, 0.3) is 23.1 Å². The molecule has 1 aliphatic rings. The largest absolute Gasteiger partial charge is 0.369 e. The van der Waals surface area contributed by atoms with E-state index >= 15 is 0 Å². The summed E-state index contributed by atoms with van der Waals surface area (Å²) in [6.45, 7) is 1.61. The maximum Gasteiger partial charge on any atom is 0.276 e. The van der Waals surface area contributed by atoms with Crippen molar-refractivity contribution in [1.29, 1.82) is 0 Å². The van der Waals surface area contributed by atoms with Crippen molar-refractivity contribution in [2.45, 2.75) is 25.7 Å². The van der Waals surface area contributed by atoms with Gasteiger partial charge >= 0.3 is 0 Å².